The number of rotatable bonds is 5. The molecule has 0 aliphatic rings. The number of imidazole rings is 1. The lowest BCUT2D eigenvalue weighted by Gasteiger charge is -2.13. The predicted molar refractivity (Wildman–Crippen MR) is 70.5 cm³/mol. The number of nitrogens with zero attached hydrogens (tertiary/aromatic N) is 1. The van der Waals surface area contributed by atoms with Crippen molar-refractivity contribution < 1.29 is 9.47 Å². The molecule has 0 fully saturated rings. The van der Waals surface area contributed by atoms with Gasteiger partial charge in [-0.2, -0.15) is 0 Å². The minimum atomic E-state index is 0.515. The molecular weight excluding hydrogens is 254 g/mol. The van der Waals surface area contributed by atoms with Crippen molar-refractivity contribution >= 4 is 17.3 Å². The molecule has 1 aromatic carbocycles. The van der Waals surface area contributed by atoms with Crippen LogP contribution in [-0.4, -0.2) is 24.2 Å². The highest BCUT2D eigenvalue weighted by Crippen LogP contribution is 2.35. The Hall–Kier alpha value is -1.88. The van der Waals surface area contributed by atoms with Crippen molar-refractivity contribution in [3.05, 3.63) is 35.4 Å². The summed E-state index contributed by atoms with van der Waals surface area (Å²) in [6.07, 6.45) is 3.39. The van der Waals surface area contributed by atoms with Crippen LogP contribution in [0.3, 0.4) is 0 Å². The minimum absolute atomic E-state index is 0.515. The average molecular weight is 268 g/mol. The van der Waals surface area contributed by atoms with Crippen LogP contribution in [0.2, 0.25) is 5.02 Å². The second-order valence-corrected chi connectivity index (χ2v) is 4.02. The van der Waals surface area contributed by atoms with E-state index in [1.165, 1.54) is 0 Å². The van der Waals surface area contributed by atoms with Gasteiger partial charge in [0.15, 0.2) is 0 Å². The first-order chi connectivity index (χ1) is 8.74. The van der Waals surface area contributed by atoms with Gasteiger partial charge in [-0.15, -0.1) is 0 Å². The molecule has 0 saturated heterocycles. The third-order valence-electron chi connectivity index (χ3n) is 2.50. The van der Waals surface area contributed by atoms with E-state index in [0.717, 1.165) is 11.4 Å². The molecule has 0 aliphatic carbocycles. The number of anilines is 1. The van der Waals surface area contributed by atoms with Crippen LogP contribution in [0.4, 0.5) is 5.69 Å². The van der Waals surface area contributed by atoms with Gasteiger partial charge in [-0.1, -0.05) is 11.6 Å². The summed E-state index contributed by atoms with van der Waals surface area (Å²) >= 11 is 6.03. The number of halogens is 1. The van der Waals surface area contributed by atoms with Crippen molar-refractivity contribution in [3.63, 3.8) is 0 Å². The fourth-order valence-electron chi connectivity index (χ4n) is 1.57. The molecule has 18 heavy (non-hydrogen) atoms. The van der Waals surface area contributed by atoms with E-state index in [-0.39, 0.29) is 0 Å². The van der Waals surface area contributed by atoms with Crippen LogP contribution in [0.15, 0.2) is 24.7 Å². The Morgan fingerprint density at radius 1 is 1.28 bits per heavy atom. The Bertz CT molecular complexity index is 514. The molecule has 1 heterocycles. The zero-order chi connectivity index (χ0) is 13.0. The molecule has 0 atom stereocenters. The summed E-state index contributed by atoms with van der Waals surface area (Å²) in [4.78, 5) is 6.97. The molecule has 0 radical (unpaired) electrons. The first-order valence-electron chi connectivity index (χ1n) is 5.37. The van der Waals surface area contributed by atoms with E-state index in [0.29, 0.717) is 23.1 Å². The fraction of sp³-hybridized carbons (Fsp3) is 0.250. The van der Waals surface area contributed by atoms with Crippen molar-refractivity contribution in [3.8, 4) is 11.5 Å². The van der Waals surface area contributed by atoms with Crippen molar-refractivity contribution in [1.82, 2.24) is 9.97 Å². The van der Waals surface area contributed by atoms with Gasteiger partial charge < -0.3 is 19.8 Å². The van der Waals surface area contributed by atoms with E-state index in [1.54, 1.807) is 38.9 Å². The Balaban J connectivity index is 2.19. The monoisotopic (exact) mass is 267 g/mol. The lowest BCUT2D eigenvalue weighted by Crippen LogP contribution is -2.02. The molecule has 0 spiro atoms. The summed E-state index contributed by atoms with van der Waals surface area (Å²) < 4.78 is 10.4. The van der Waals surface area contributed by atoms with Crippen LogP contribution < -0.4 is 14.8 Å². The van der Waals surface area contributed by atoms with Gasteiger partial charge in [-0.05, 0) is 0 Å². The predicted octanol–water partition coefficient (Wildman–Crippen LogP) is 2.69. The average Bonchev–Trinajstić information content (AvgIpc) is 2.90. The second kappa shape index (κ2) is 5.64. The lowest BCUT2D eigenvalue weighted by atomic mass is 10.2. The summed E-state index contributed by atoms with van der Waals surface area (Å²) in [5.41, 5.74) is 1.79. The number of H-pyrrole nitrogens is 1. The molecule has 5 nitrogen and oxygen atoms in total. The molecule has 0 saturated carbocycles. The topological polar surface area (TPSA) is 59.2 Å². The summed E-state index contributed by atoms with van der Waals surface area (Å²) in [5.74, 6) is 1.27. The summed E-state index contributed by atoms with van der Waals surface area (Å²) in [7, 11) is 3.17. The largest absolute Gasteiger partial charge is 0.495 e. The number of hydrogen-bond donors (Lipinski definition) is 2. The van der Waals surface area contributed by atoms with E-state index >= 15 is 0 Å². The van der Waals surface area contributed by atoms with Crippen molar-refractivity contribution in [2.75, 3.05) is 19.5 Å². The quantitative estimate of drug-likeness (QED) is 0.874. The Labute approximate surface area is 110 Å². The van der Waals surface area contributed by atoms with Gasteiger partial charge in [0.05, 0.1) is 43.5 Å². The van der Waals surface area contributed by atoms with Gasteiger partial charge in [0.1, 0.15) is 11.5 Å². The maximum absolute atomic E-state index is 6.03. The van der Waals surface area contributed by atoms with Crippen molar-refractivity contribution in [1.29, 1.82) is 0 Å². The zero-order valence-corrected chi connectivity index (χ0v) is 10.9. The van der Waals surface area contributed by atoms with Crippen LogP contribution in [-0.2, 0) is 6.54 Å². The smallest absolute Gasteiger partial charge is 0.143 e. The number of aromatic nitrogens is 2. The first kappa shape index (κ1) is 12.6. The normalized spacial score (nSPS) is 10.2. The Morgan fingerprint density at radius 2 is 2.06 bits per heavy atom. The molecule has 0 bridgehead atoms. The van der Waals surface area contributed by atoms with Crippen LogP contribution in [0.5, 0.6) is 11.5 Å². The molecule has 2 N–H and O–H groups in total. The highest BCUT2D eigenvalue weighted by molar-refractivity contribution is 6.32. The molecular formula is C12H14ClN3O2. The number of aromatic amines is 1. The number of ether oxygens (including phenoxy) is 2. The van der Waals surface area contributed by atoms with Gasteiger partial charge >= 0.3 is 0 Å². The molecule has 2 aromatic rings. The van der Waals surface area contributed by atoms with Crippen LogP contribution in [0.1, 0.15) is 5.69 Å². The summed E-state index contributed by atoms with van der Waals surface area (Å²) in [6.45, 7) is 0.612. The van der Waals surface area contributed by atoms with Crippen molar-refractivity contribution in [2.45, 2.75) is 6.54 Å². The van der Waals surface area contributed by atoms with Gasteiger partial charge in [0.2, 0.25) is 0 Å². The molecule has 6 heteroatoms. The van der Waals surface area contributed by atoms with E-state index in [2.05, 4.69) is 15.3 Å². The lowest BCUT2D eigenvalue weighted by molar-refractivity contribution is 0.404. The van der Waals surface area contributed by atoms with E-state index in [1.807, 2.05) is 0 Å². The third-order valence-corrected chi connectivity index (χ3v) is 2.79. The van der Waals surface area contributed by atoms with Gasteiger partial charge in [-0.25, -0.2) is 4.98 Å². The molecule has 0 aliphatic heterocycles. The number of benzene rings is 1. The summed E-state index contributed by atoms with van der Waals surface area (Å²) in [6, 6.07) is 3.52. The fourth-order valence-corrected chi connectivity index (χ4v) is 1.80. The van der Waals surface area contributed by atoms with E-state index < -0.39 is 0 Å². The van der Waals surface area contributed by atoms with Crippen LogP contribution in [0.25, 0.3) is 0 Å². The number of nitrogens with one attached hydrogen (secondary N) is 2. The maximum atomic E-state index is 6.03. The highest BCUT2D eigenvalue weighted by atomic mass is 35.5. The van der Waals surface area contributed by atoms with E-state index in [9.17, 15) is 0 Å². The van der Waals surface area contributed by atoms with Crippen LogP contribution >= 0.6 is 11.6 Å². The van der Waals surface area contributed by atoms with Gasteiger partial charge in [0, 0.05) is 18.3 Å². The Morgan fingerprint density at radius 3 is 2.67 bits per heavy atom. The Kier molecular flexibility index (Phi) is 3.94. The molecule has 0 amide bonds. The first-order valence-corrected chi connectivity index (χ1v) is 5.75. The number of hydrogen-bond acceptors (Lipinski definition) is 4. The second-order valence-electron chi connectivity index (χ2n) is 3.62. The molecule has 96 valence electrons. The highest BCUT2D eigenvalue weighted by Gasteiger charge is 2.09. The standard InChI is InChI=1S/C12H14ClN3O2/c1-17-11-4-10(12(18-2)3-9(11)13)15-6-8-5-14-7-16-8/h3-5,7,15H,6H2,1-2H3,(H,14,16). The number of methoxy groups -OCH3 is 2. The zero-order valence-electron chi connectivity index (χ0n) is 10.2. The molecule has 0 unspecified atom stereocenters. The molecule has 2 rings (SSSR count). The van der Waals surface area contributed by atoms with Crippen molar-refractivity contribution in [2.24, 2.45) is 0 Å². The van der Waals surface area contributed by atoms with Gasteiger partial charge in [-0.3, -0.25) is 0 Å². The summed E-state index contributed by atoms with van der Waals surface area (Å²) in [5, 5.41) is 3.75. The van der Waals surface area contributed by atoms with E-state index in [4.69, 9.17) is 21.1 Å². The van der Waals surface area contributed by atoms with Gasteiger partial charge in [0.25, 0.3) is 0 Å². The third kappa shape index (κ3) is 2.68. The van der Waals surface area contributed by atoms with Crippen LogP contribution in [0, 0.1) is 0 Å². The maximum Gasteiger partial charge on any atom is 0.143 e. The SMILES string of the molecule is COc1cc(NCc2cnc[nH]2)c(OC)cc1Cl. The minimum Gasteiger partial charge on any atom is -0.495 e. The molecule has 1 aromatic heterocycles.